The number of nitrogens with one attached hydrogen (secondary N) is 1. The van der Waals surface area contributed by atoms with E-state index in [0.29, 0.717) is 0 Å². The zero-order valence-corrected chi connectivity index (χ0v) is 12.5. The average molecular weight is 262 g/mol. The quantitative estimate of drug-likeness (QED) is 0.819. The number of nitrogens with zero attached hydrogens (tertiary/aromatic N) is 1. The van der Waals surface area contributed by atoms with Crippen molar-refractivity contribution in [3.05, 3.63) is 35.9 Å². The Balaban J connectivity index is 2.71. The molecule has 1 aromatic carbocycles. The van der Waals surface area contributed by atoms with Crippen molar-refractivity contribution in [2.24, 2.45) is 0 Å². The predicted octanol–water partition coefficient (Wildman–Crippen LogP) is 2.98. The summed E-state index contributed by atoms with van der Waals surface area (Å²) in [5, 5.41) is 3.17. The van der Waals surface area contributed by atoms with Gasteiger partial charge in [-0.1, -0.05) is 50.6 Å². The molecule has 0 fully saturated rings. The molecule has 19 heavy (non-hydrogen) atoms. The lowest BCUT2D eigenvalue weighted by molar-refractivity contribution is -0.126. The van der Waals surface area contributed by atoms with E-state index in [0.717, 1.165) is 19.4 Å². The van der Waals surface area contributed by atoms with E-state index >= 15 is 0 Å². The minimum atomic E-state index is -0.0898. The third-order valence-electron chi connectivity index (χ3n) is 3.64. The Morgan fingerprint density at radius 2 is 1.89 bits per heavy atom. The van der Waals surface area contributed by atoms with Gasteiger partial charge in [-0.15, -0.1) is 0 Å². The lowest BCUT2D eigenvalue weighted by atomic mass is 10.0. The first kappa shape index (κ1) is 15.7. The van der Waals surface area contributed by atoms with Gasteiger partial charge in [-0.3, -0.25) is 9.69 Å². The standard InChI is InChI=1S/C16H26N2O/c1-5-10-15(14-11-8-7-9-12-14)17-16(19)13(3)18(4)6-2/h7-9,11-13,15H,5-6,10H2,1-4H3,(H,17,19). The summed E-state index contributed by atoms with van der Waals surface area (Å²) in [6.45, 7) is 7.03. The van der Waals surface area contributed by atoms with Crippen LogP contribution < -0.4 is 5.32 Å². The van der Waals surface area contributed by atoms with Crippen LogP contribution in [0.15, 0.2) is 30.3 Å². The van der Waals surface area contributed by atoms with Crippen LogP contribution in [-0.4, -0.2) is 30.4 Å². The molecular formula is C16H26N2O. The summed E-state index contributed by atoms with van der Waals surface area (Å²) < 4.78 is 0. The Morgan fingerprint density at radius 1 is 1.26 bits per heavy atom. The highest BCUT2D eigenvalue weighted by Crippen LogP contribution is 2.18. The number of amides is 1. The van der Waals surface area contributed by atoms with Gasteiger partial charge >= 0.3 is 0 Å². The van der Waals surface area contributed by atoms with E-state index in [2.05, 4.69) is 31.3 Å². The van der Waals surface area contributed by atoms with Crippen LogP contribution in [0, 0.1) is 0 Å². The lowest BCUT2D eigenvalue weighted by Crippen LogP contribution is -2.44. The summed E-state index contributed by atoms with van der Waals surface area (Å²) in [6, 6.07) is 10.2. The van der Waals surface area contributed by atoms with Crippen LogP contribution in [0.1, 0.15) is 45.2 Å². The van der Waals surface area contributed by atoms with E-state index < -0.39 is 0 Å². The van der Waals surface area contributed by atoms with Crippen LogP contribution in [0.3, 0.4) is 0 Å². The third-order valence-corrected chi connectivity index (χ3v) is 3.64. The fourth-order valence-corrected chi connectivity index (χ4v) is 2.06. The highest BCUT2D eigenvalue weighted by atomic mass is 16.2. The largest absolute Gasteiger partial charge is 0.348 e. The lowest BCUT2D eigenvalue weighted by Gasteiger charge is -2.26. The van der Waals surface area contributed by atoms with Crippen molar-refractivity contribution in [1.29, 1.82) is 0 Å². The maximum atomic E-state index is 12.2. The van der Waals surface area contributed by atoms with Gasteiger partial charge in [0.05, 0.1) is 12.1 Å². The molecule has 3 heteroatoms. The van der Waals surface area contributed by atoms with Crippen LogP contribution in [0.25, 0.3) is 0 Å². The smallest absolute Gasteiger partial charge is 0.237 e. The maximum Gasteiger partial charge on any atom is 0.237 e. The molecule has 2 unspecified atom stereocenters. The Hall–Kier alpha value is -1.35. The topological polar surface area (TPSA) is 32.3 Å². The van der Waals surface area contributed by atoms with Gasteiger partial charge in [0.15, 0.2) is 0 Å². The molecule has 0 aliphatic carbocycles. The van der Waals surface area contributed by atoms with Crippen molar-refractivity contribution in [3.8, 4) is 0 Å². The summed E-state index contributed by atoms with van der Waals surface area (Å²) in [6.07, 6.45) is 2.02. The summed E-state index contributed by atoms with van der Waals surface area (Å²) >= 11 is 0. The molecule has 3 nitrogen and oxygen atoms in total. The molecule has 0 radical (unpaired) electrons. The van der Waals surface area contributed by atoms with Gasteiger partial charge in [0.25, 0.3) is 0 Å². The van der Waals surface area contributed by atoms with Crippen molar-refractivity contribution >= 4 is 5.91 Å². The monoisotopic (exact) mass is 262 g/mol. The van der Waals surface area contributed by atoms with Crippen molar-refractivity contribution in [2.75, 3.05) is 13.6 Å². The number of hydrogen-bond acceptors (Lipinski definition) is 2. The molecule has 1 aromatic rings. The fraction of sp³-hybridized carbons (Fsp3) is 0.562. The highest BCUT2D eigenvalue weighted by Gasteiger charge is 2.20. The molecule has 0 saturated carbocycles. The minimum absolute atomic E-state index is 0.0898. The number of likely N-dealkylation sites (N-methyl/N-ethyl adjacent to an activating group) is 1. The van der Waals surface area contributed by atoms with Gasteiger partial charge in [0, 0.05) is 0 Å². The molecule has 2 atom stereocenters. The zero-order chi connectivity index (χ0) is 14.3. The molecule has 1 N–H and O–H groups in total. The normalized spacial score (nSPS) is 14.2. The zero-order valence-electron chi connectivity index (χ0n) is 12.5. The summed E-state index contributed by atoms with van der Waals surface area (Å²) in [5.74, 6) is 0.103. The first-order valence-electron chi connectivity index (χ1n) is 7.15. The molecule has 0 spiro atoms. The second kappa shape index (κ2) is 7.95. The van der Waals surface area contributed by atoms with Crippen molar-refractivity contribution in [3.63, 3.8) is 0 Å². The first-order valence-corrected chi connectivity index (χ1v) is 7.15. The number of hydrogen-bond donors (Lipinski definition) is 1. The van der Waals surface area contributed by atoms with Gasteiger partial charge in [-0.2, -0.15) is 0 Å². The molecule has 0 saturated heterocycles. The maximum absolute atomic E-state index is 12.2. The van der Waals surface area contributed by atoms with Crippen LogP contribution >= 0.6 is 0 Å². The second-order valence-corrected chi connectivity index (χ2v) is 5.01. The van der Waals surface area contributed by atoms with Crippen LogP contribution in [0.4, 0.5) is 0 Å². The van der Waals surface area contributed by atoms with Crippen LogP contribution in [0.5, 0.6) is 0 Å². The molecule has 1 amide bonds. The van der Waals surface area contributed by atoms with E-state index in [9.17, 15) is 4.79 Å². The van der Waals surface area contributed by atoms with E-state index in [4.69, 9.17) is 0 Å². The fourth-order valence-electron chi connectivity index (χ4n) is 2.06. The van der Waals surface area contributed by atoms with Gasteiger partial charge in [0.2, 0.25) is 5.91 Å². The number of benzene rings is 1. The van der Waals surface area contributed by atoms with Gasteiger partial charge < -0.3 is 5.32 Å². The molecule has 0 bridgehead atoms. The third kappa shape index (κ3) is 4.67. The van der Waals surface area contributed by atoms with Crippen molar-refractivity contribution in [2.45, 2.75) is 45.7 Å². The van der Waals surface area contributed by atoms with Gasteiger partial charge in [-0.05, 0) is 32.5 Å². The SMILES string of the molecule is CCCC(NC(=O)C(C)N(C)CC)c1ccccc1. The molecule has 0 aliphatic heterocycles. The van der Waals surface area contributed by atoms with E-state index in [1.54, 1.807) is 0 Å². The molecular weight excluding hydrogens is 236 g/mol. The predicted molar refractivity (Wildman–Crippen MR) is 80.0 cm³/mol. The van der Waals surface area contributed by atoms with E-state index in [1.165, 1.54) is 5.56 Å². The van der Waals surface area contributed by atoms with Gasteiger partial charge in [-0.25, -0.2) is 0 Å². The molecule has 0 heterocycles. The molecule has 0 aliphatic rings. The highest BCUT2D eigenvalue weighted by molar-refractivity contribution is 5.81. The minimum Gasteiger partial charge on any atom is -0.348 e. The van der Waals surface area contributed by atoms with Crippen LogP contribution in [-0.2, 0) is 4.79 Å². The Morgan fingerprint density at radius 3 is 2.42 bits per heavy atom. The summed E-state index contributed by atoms with van der Waals surface area (Å²) in [7, 11) is 1.97. The molecule has 1 rings (SSSR count). The first-order chi connectivity index (χ1) is 9.10. The Kier molecular flexibility index (Phi) is 6.57. The van der Waals surface area contributed by atoms with E-state index in [-0.39, 0.29) is 18.0 Å². The Bertz CT molecular complexity index is 378. The Labute approximate surface area is 117 Å². The summed E-state index contributed by atoms with van der Waals surface area (Å²) in [5.41, 5.74) is 1.18. The second-order valence-electron chi connectivity index (χ2n) is 5.01. The molecule has 0 aromatic heterocycles. The average Bonchev–Trinajstić information content (AvgIpc) is 2.46. The van der Waals surface area contributed by atoms with Crippen molar-refractivity contribution in [1.82, 2.24) is 10.2 Å². The number of carbonyl (C=O) groups excluding carboxylic acids is 1. The molecule has 106 valence electrons. The number of carbonyl (C=O) groups is 1. The van der Waals surface area contributed by atoms with Crippen LogP contribution in [0.2, 0.25) is 0 Å². The number of rotatable bonds is 7. The summed E-state index contributed by atoms with van der Waals surface area (Å²) in [4.78, 5) is 14.3. The van der Waals surface area contributed by atoms with E-state index in [1.807, 2.05) is 37.1 Å². The van der Waals surface area contributed by atoms with Gasteiger partial charge in [0.1, 0.15) is 0 Å². The van der Waals surface area contributed by atoms with Crippen molar-refractivity contribution < 1.29 is 4.79 Å².